The van der Waals surface area contributed by atoms with Gasteiger partial charge in [0.25, 0.3) is 0 Å². The third kappa shape index (κ3) is 0.669. The summed E-state index contributed by atoms with van der Waals surface area (Å²) in [5.41, 5.74) is 0. The molecule has 8 heavy (non-hydrogen) atoms. The maximum atomic E-state index is 3.43. The highest BCUT2D eigenvalue weighted by Gasteiger charge is 2.31. The lowest BCUT2D eigenvalue weighted by atomic mass is 9.90. The minimum atomic E-state index is 0.897. The molecular formula is C6H11NS. The zero-order valence-electron chi connectivity index (χ0n) is 4.89. The zero-order valence-corrected chi connectivity index (χ0v) is 5.71. The molecule has 46 valence electrons. The van der Waals surface area contributed by atoms with Gasteiger partial charge in [-0.05, 0) is 24.6 Å². The number of thioether (sulfide) groups is 1. The lowest BCUT2D eigenvalue weighted by Gasteiger charge is -2.41. The Hall–Kier alpha value is 0.310. The Morgan fingerprint density at radius 1 is 1.50 bits per heavy atom. The van der Waals surface area contributed by atoms with E-state index in [-0.39, 0.29) is 0 Å². The summed E-state index contributed by atoms with van der Waals surface area (Å²) in [6.07, 6.45) is 1.46. The summed E-state index contributed by atoms with van der Waals surface area (Å²) in [6.45, 7) is 1.30. The van der Waals surface area contributed by atoms with E-state index in [2.05, 4.69) is 17.1 Å². The van der Waals surface area contributed by atoms with Gasteiger partial charge in [0.15, 0.2) is 0 Å². The van der Waals surface area contributed by atoms with Crippen molar-refractivity contribution >= 4 is 11.8 Å². The van der Waals surface area contributed by atoms with E-state index in [0.717, 1.165) is 12.0 Å². The van der Waals surface area contributed by atoms with Gasteiger partial charge in [0.1, 0.15) is 0 Å². The molecule has 0 aromatic rings. The first-order valence-electron chi connectivity index (χ1n) is 3.28. The van der Waals surface area contributed by atoms with Crippen molar-refractivity contribution in [2.45, 2.75) is 12.5 Å². The Kier molecular flexibility index (Phi) is 1.23. The molecule has 0 radical (unpaired) electrons. The molecule has 2 saturated heterocycles. The van der Waals surface area contributed by atoms with Gasteiger partial charge in [-0.1, -0.05) is 0 Å². The summed E-state index contributed by atoms with van der Waals surface area (Å²) in [5, 5.41) is 3.43. The molecule has 0 saturated carbocycles. The standard InChI is InChI=1S/C6H11NS/c1-2-8-4-6-5(1)3-7-6/h5-7H,1-4H2. The number of hydrogen-bond acceptors (Lipinski definition) is 2. The van der Waals surface area contributed by atoms with E-state index in [0.29, 0.717) is 0 Å². The molecule has 2 unspecified atom stereocenters. The lowest BCUT2D eigenvalue weighted by molar-refractivity contribution is 0.243. The zero-order chi connectivity index (χ0) is 5.40. The van der Waals surface area contributed by atoms with Gasteiger partial charge in [0, 0.05) is 11.8 Å². The van der Waals surface area contributed by atoms with Crippen LogP contribution in [0.3, 0.4) is 0 Å². The molecule has 0 spiro atoms. The quantitative estimate of drug-likeness (QED) is 0.517. The number of fused-ring (bicyclic) bond motifs is 1. The Morgan fingerprint density at radius 3 is 2.88 bits per heavy atom. The van der Waals surface area contributed by atoms with Gasteiger partial charge < -0.3 is 5.32 Å². The van der Waals surface area contributed by atoms with Crippen LogP contribution in [0.15, 0.2) is 0 Å². The van der Waals surface area contributed by atoms with Crippen LogP contribution in [-0.4, -0.2) is 24.1 Å². The van der Waals surface area contributed by atoms with Crippen molar-refractivity contribution in [1.82, 2.24) is 5.32 Å². The largest absolute Gasteiger partial charge is 0.312 e. The molecule has 2 aliphatic rings. The molecule has 0 aromatic carbocycles. The van der Waals surface area contributed by atoms with Gasteiger partial charge in [0.05, 0.1) is 0 Å². The van der Waals surface area contributed by atoms with Crippen LogP contribution in [0.2, 0.25) is 0 Å². The summed E-state index contributed by atoms with van der Waals surface area (Å²) in [5.74, 6) is 3.82. The summed E-state index contributed by atoms with van der Waals surface area (Å²) in [6, 6.07) is 0.897. The minimum Gasteiger partial charge on any atom is -0.312 e. The summed E-state index contributed by atoms with van der Waals surface area (Å²) < 4.78 is 0. The summed E-state index contributed by atoms with van der Waals surface area (Å²) >= 11 is 2.10. The number of nitrogens with one attached hydrogen (secondary N) is 1. The van der Waals surface area contributed by atoms with Crippen LogP contribution in [-0.2, 0) is 0 Å². The minimum absolute atomic E-state index is 0.897. The van der Waals surface area contributed by atoms with Crippen LogP contribution in [0.25, 0.3) is 0 Å². The first kappa shape index (κ1) is 5.12. The van der Waals surface area contributed by atoms with Crippen molar-refractivity contribution in [2.75, 3.05) is 18.1 Å². The molecular weight excluding hydrogens is 118 g/mol. The second kappa shape index (κ2) is 1.92. The van der Waals surface area contributed by atoms with Crippen LogP contribution in [0.5, 0.6) is 0 Å². The molecule has 2 aliphatic heterocycles. The van der Waals surface area contributed by atoms with Crippen molar-refractivity contribution in [3.05, 3.63) is 0 Å². The maximum absolute atomic E-state index is 3.43. The van der Waals surface area contributed by atoms with Crippen LogP contribution in [0.1, 0.15) is 6.42 Å². The first-order chi connectivity index (χ1) is 3.97. The van der Waals surface area contributed by atoms with Crippen LogP contribution in [0.4, 0.5) is 0 Å². The molecule has 1 nitrogen and oxygen atoms in total. The average molecular weight is 129 g/mol. The SMILES string of the molecule is C1CC2CNC2CS1. The predicted molar refractivity (Wildman–Crippen MR) is 37.2 cm³/mol. The molecule has 2 heteroatoms. The smallest absolute Gasteiger partial charge is 0.0198 e. The fourth-order valence-corrected chi connectivity index (χ4v) is 2.67. The topological polar surface area (TPSA) is 12.0 Å². The highest BCUT2D eigenvalue weighted by molar-refractivity contribution is 7.99. The van der Waals surface area contributed by atoms with Crippen molar-refractivity contribution in [3.63, 3.8) is 0 Å². The Bertz CT molecular complexity index is 82.5. The third-order valence-electron chi connectivity index (χ3n) is 2.14. The summed E-state index contributed by atoms with van der Waals surface area (Å²) in [4.78, 5) is 0. The lowest BCUT2D eigenvalue weighted by Crippen LogP contribution is -2.56. The monoisotopic (exact) mass is 129 g/mol. The van der Waals surface area contributed by atoms with Gasteiger partial charge in [-0.15, -0.1) is 0 Å². The van der Waals surface area contributed by atoms with Gasteiger partial charge in [-0.3, -0.25) is 0 Å². The van der Waals surface area contributed by atoms with E-state index in [1.54, 1.807) is 0 Å². The molecule has 2 fully saturated rings. The molecule has 0 aliphatic carbocycles. The van der Waals surface area contributed by atoms with Crippen molar-refractivity contribution < 1.29 is 0 Å². The molecule has 2 heterocycles. The van der Waals surface area contributed by atoms with E-state index >= 15 is 0 Å². The normalized spacial score (nSPS) is 45.0. The fourth-order valence-electron chi connectivity index (χ4n) is 1.39. The molecule has 0 amide bonds. The average Bonchev–Trinajstić information content (AvgIpc) is 1.72. The van der Waals surface area contributed by atoms with Crippen molar-refractivity contribution in [2.24, 2.45) is 5.92 Å². The predicted octanol–water partition coefficient (Wildman–Crippen LogP) is 0.711. The second-order valence-electron chi connectivity index (χ2n) is 2.64. The molecule has 0 aromatic heterocycles. The van der Waals surface area contributed by atoms with Gasteiger partial charge in [-0.2, -0.15) is 11.8 Å². The molecule has 2 atom stereocenters. The highest BCUT2D eigenvalue weighted by Crippen LogP contribution is 2.27. The van der Waals surface area contributed by atoms with Crippen LogP contribution in [0, 0.1) is 5.92 Å². The molecule has 1 N–H and O–H groups in total. The first-order valence-corrected chi connectivity index (χ1v) is 4.43. The molecule has 2 rings (SSSR count). The second-order valence-corrected chi connectivity index (χ2v) is 3.79. The van der Waals surface area contributed by atoms with E-state index < -0.39 is 0 Å². The number of rotatable bonds is 0. The van der Waals surface area contributed by atoms with Crippen molar-refractivity contribution in [3.8, 4) is 0 Å². The van der Waals surface area contributed by atoms with E-state index in [9.17, 15) is 0 Å². The van der Waals surface area contributed by atoms with E-state index in [4.69, 9.17) is 0 Å². The van der Waals surface area contributed by atoms with Crippen LogP contribution < -0.4 is 5.32 Å². The van der Waals surface area contributed by atoms with Gasteiger partial charge in [-0.25, -0.2) is 0 Å². The fraction of sp³-hybridized carbons (Fsp3) is 1.00. The summed E-state index contributed by atoms with van der Waals surface area (Å²) in [7, 11) is 0. The third-order valence-corrected chi connectivity index (χ3v) is 3.26. The molecule has 0 bridgehead atoms. The maximum Gasteiger partial charge on any atom is 0.0198 e. The van der Waals surface area contributed by atoms with Crippen molar-refractivity contribution in [1.29, 1.82) is 0 Å². The van der Waals surface area contributed by atoms with E-state index in [1.165, 1.54) is 24.5 Å². The Balaban J connectivity index is 1.92. The Labute approximate surface area is 54.2 Å². The number of hydrogen-bond donors (Lipinski definition) is 1. The van der Waals surface area contributed by atoms with Crippen LogP contribution >= 0.6 is 11.8 Å². The van der Waals surface area contributed by atoms with E-state index in [1.807, 2.05) is 0 Å². The van der Waals surface area contributed by atoms with Gasteiger partial charge in [0.2, 0.25) is 0 Å². The van der Waals surface area contributed by atoms with Gasteiger partial charge >= 0.3 is 0 Å². The highest BCUT2D eigenvalue weighted by atomic mass is 32.2. The Morgan fingerprint density at radius 2 is 2.50 bits per heavy atom.